The molecule has 0 spiro atoms. The Balaban J connectivity index is 1.59. The third-order valence-electron chi connectivity index (χ3n) is 4.42. The quantitative estimate of drug-likeness (QED) is 0.752. The molecule has 0 radical (unpaired) electrons. The Labute approximate surface area is 166 Å². The highest BCUT2D eigenvalue weighted by atomic mass is 35.5. The fraction of sp³-hybridized carbons (Fsp3) is 0.389. The number of piperazine rings is 1. The van der Waals surface area contributed by atoms with Crippen molar-refractivity contribution >= 4 is 34.8 Å². The Bertz CT molecular complexity index is 833. The van der Waals surface area contributed by atoms with Gasteiger partial charge in [-0.3, -0.25) is 14.6 Å². The largest absolute Gasteiger partial charge is 0.502 e. The first-order chi connectivity index (χ1) is 12.5. The van der Waals surface area contributed by atoms with Crippen molar-refractivity contribution in [3.05, 3.63) is 61.6 Å². The number of hydrogen-bond acceptors (Lipinski definition) is 5. The molecule has 1 aliphatic rings. The summed E-state index contributed by atoms with van der Waals surface area (Å²) < 4.78 is 5.52. The molecule has 0 unspecified atom stereocenters. The van der Waals surface area contributed by atoms with E-state index < -0.39 is 5.43 Å². The van der Waals surface area contributed by atoms with Gasteiger partial charge in [0.15, 0.2) is 5.76 Å². The molecule has 2 heterocycles. The van der Waals surface area contributed by atoms with Crippen molar-refractivity contribution < 1.29 is 9.52 Å². The standard InChI is InChI=1S/C18H19Cl3N2O3/c19-9-14-8-16(24)18(25)17(26-14)11-23-5-3-22(4-6-23)10-12-1-2-13(20)7-15(12)21/h1-2,7-8,25H,3-6,9-11H2. The van der Waals surface area contributed by atoms with Gasteiger partial charge >= 0.3 is 0 Å². The van der Waals surface area contributed by atoms with Crippen LogP contribution in [0.2, 0.25) is 10.0 Å². The van der Waals surface area contributed by atoms with E-state index in [2.05, 4.69) is 9.80 Å². The molecule has 0 aliphatic carbocycles. The molecule has 5 nitrogen and oxygen atoms in total. The Morgan fingerprint density at radius 1 is 1.04 bits per heavy atom. The Kier molecular flexibility index (Phi) is 6.48. The van der Waals surface area contributed by atoms with Gasteiger partial charge in [-0.15, -0.1) is 11.6 Å². The second kappa shape index (κ2) is 8.63. The van der Waals surface area contributed by atoms with Gasteiger partial charge in [-0.2, -0.15) is 0 Å². The maximum Gasteiger partial charge on any atom is 0.227 e. The van der Waals surface area contributed by atoms with Crippen molar-refractivity contribution in [2.75, 3.05) is 26.2 Å². The summed E-state index contributed by atoms with van der Waals surface area (Å²) in [6.45, 7) is 4.41. The van der Waals surface area contributed by atoms with Crippen LogP contribution in [-0.4, -0.2) is 41.1 Å². The summed E-state index contributed by atoms with van der Waals surface area (Å²) in [4.78, 5) is 16.2. The molecule has 0 amide bonds. The minimum absolute atomic E-state index is 0.0954. The van der Waals surface area contributed by atoms with E-state index >= 15 is 0 Å². The average molecular weight is 418 g/mol. The first-order valence-corrected chi connectivity index (χ1v) is 9.55. The van der Waals surface area contributed by atoms with Crippen molar-refractivity contribution in [3.8, 4) is 5.75 Å². The van der Waals surface area contributed by atoms with E-state index in [0.717, 1.165) is 38.3 Å². The number of aromatic hydroxyl groups is 1. The van der Waals surface area contributed by atoms with Crippen LogP contribution in [0.1, 0.15) is 17.1 Å². The number of rotatable bonds is 5. The fourth-order valence-electron chi connectivity index (χ4n) is 2.96. The van der Waals surface area contributed by atoms with Crippen LogP contribution >= 0.6 is 34.8 Å². The van der Waals surface area contributed by atoms with E-state index in [0.29, 0.717) is 22.4 Å². The van der Waals surface area contributed by atoms with Gasteiger partial charge < -0.3 is 9.52 Å². The Hall–Kier alpha value is -1.24. The van der Waals surface area contributed by atoms with Gasteiger partial charge in [0.25, 0.3) is 0 Å². The topological polar surface area (TPSA) is 56.9 Å². The molecule has 1 saturated heterocycles. The van der Waals surface area contributed by atoms with Gasteiger partial charge in [-0.05, 0) is 17.7 Å². The third kappa shape index (κ3) is 4.72. The molecule has 8 heteroatoms. The molecule has 0 bridgehead atoms. The van der Waals surface area contributed by atoms with Crippen molar-refractivity contribution in [2.45, 2.75) is 19.0 Å². The van der Waals surface area contributed by atoms with Crippen LogP contribution in [0.5, 0.6) is 5.75 Å². The first-order valence-electron chi connectivity index (χ1n) is 8.25. The van der Waals surface area contributed by atoms with Gasteiger partial charge in [0.1, 0.15) is 5.76 Å². The minimum atomic E-state index is -0.460. The van der Waals surface area contributed by atoms with Crippen LogP contribution in [0.3, 0.4) is 0 Å². The number of halogens is 3. The van der Waals surface area contributed by atoms with E-state index in [1.54, 1.807) is 6.07 Å². The lowest BCUT2D eigenvalue weighted by Crippen LogP contribution is -2.45. The van der Waals surface area contributed by atoms with Crippen molar-refractivity contribution in [2.24, 2.45) is 0 Å². The Morgan fingerprint density at radius 2 is 1.69 bits per heavy atom. The molecular formula is C18H19Cl3N2O3. The van der Waals surface area contributed by atoms with Gasteiger partial charge in [0.05, 0.1) is 12.4 Å². The predicted molar refractivity (Wildman–Crippen MR) is 103 cm³/mol. The summed E-state index contributed by atoms with van der Waals surface area (Å²) in [5, 5.41) is 11.2. The van der Waals surface area contributed by atoms with E-state index in [4.69, 9.17) is 39.2 Å². The van der Waals surface area contributed by atoms with Crippen LogP contribution in [0.4, 0.5) is 0 Å². The summed E-state index contributed by atoms with van der Waals surface area (Å²) in [5.41, 5.74) is 0.584. The fourth-order valence-corrected chi connectivity index (χ4v) is 3.56. The summed E-state index contributed by atoms with van der Waals surface area (Å²) in [5.74, 6) is 0.384. The molecule has 1 fully saturated rings. The zero-order chi connectivity index (χ0) is 18.7. The second-order valence-electron chi connectivity index (χ2n) is 6.27. The normalized spacial score (nSPS) is 16.1. The molecule has 1 N–H and O–H groups in total. The summed E-state index contributed by atoms with van der Waals surface area (Å²) >= 11 is 17.9. The molecule has 1 aromatic heterocycles. The van der Waals surface area contributed by atoms with E-state index in [1.807, 2.05) is 12.1 Å². The van der Waals surface area contributed by atoms with Gasteiger partial charge in [-0.25, -0.2) is 0 Å². The predicted octanol–water partition coefficient (Wildman–Crippen LogP) is 3.71. The molecule has 2 aromatic rings. The molecule has 26 heavy (non-hydrogen) atoms. The number of nitrogens with zero attached hydrogens (tertiary/aromatic N) is 2. The lowest BCUT2D eigenvalue weighted by atomic mass is 10.2. The molecule has 3 rings (SSSR count). The average Bonchev–Trinajstić information content (AvgIpc) is 2.62. The SMILES string of the molecule is O=c1cc(CCl)oc(CN2CCN(Cc3ccc(Cl)cc3Cl)CC2)c1O. The molecule has 1 aromatic carbocycles. The maximum absolute atomic E-state index is 11.8. The number of alkyl halides is 1. The lowest BCUT2D eigenvalue weighted by Gasteiger charge is -2.34. The number of hydrogen-bond donors (Lipinski definition) is 1. The molecule has 140 valence electrons. The van der Waals surface area contributed by atoms with Crippen molar-refractivity contribution in [3.63, 3.8) is 0 Å². The van der Waals surface area contributed by atoms with Crippen LogP contribution in [0.25, 0.3) is 0 Å². The molecule has 0 saturated carbocycles. The van der Waals surface area contributed by atoms with Crippen molar-refractivity contribution in [1.29, 1.82) is 0 Å². The monoisotopic (exact) mass is 416 g/mol. The van der Waals surface area contributed by atoms with Gasteiger partial charge in [-0.1, -0.05) is 29.3 Å². The second-order valence-corrected chi connectivity index (χ2v) is 7.38. The van der Waals surface area contributed by atoms with Crippen LogP contribution < -0.4 is 5.43 Å². The van der Waals surface area contributed by atoms with E-state index in [9.17, 15) is 9.90 Å². The zero-order valence-electron chi connectivity index (χ0n) is 14.1. The van der Waals surface area contributed by atoms with Crippen LogP contribution in [-0.2, 0) is 19.0 Å². The Morgan fingerprint density at radius 3 is 2.31 bits per heavy atom. The summed E-state index contributed by atoms with van der Waals surface area (Å²) in [7, 11) is 0. The number of benzene rings is 1. The summed E-state index contributed by atoms with van der Waals surface area (Å²) in [6, 6.07) is 6.76. The highest BCUT2D eigenvalue weighted by molar-refractivity contribution is 6.35. The first kappa shape index (κ1) is 19.5. The summed E-state index contributed by atoms with van der Waals surface area (Å²) in [6.07, 6.45) is 0. The lowest BCUT2D eigenvalue weighted by molar-refractivity contribution is 0.113. The third-order valence-corrected chi connectivity index (χ3v) is 5.27. The van der Waals surface area contributed by atoms with Crippen LogP contribution in [0, 0.1) is 0 Å². The van der Waals surface area contributed by atoms with E-state index in [-0.39, 0.29) is 17.4 Å². The highest BCUT2D eigenvalue weighted by Crippen LogP contribution is 2.23. The van der Waals surface area contributed by atoms with Gasteiger partial charge in [0.2, 0.25) is 11.2 Å². The molecule has 0 atom stereocenters. The highest BCUT2D eigenvalue weighted by Gasteiger charge is 2.21. The smallest absolute Gasteiger partial charge is 0.227 e. The minimum Gasteiger partial charge on any atom is -0.502 e. The van der Waals surface area contributed by atoms with Crippen LogP contribution in [0.15, 0.2) is 33.5 Å². The van der Waals surface area contributed by atoms with E-state index in [1.165, 1.54) is 6.07 Å². The maximum atomic E-state index is 11.8. The van der Waals surface area contributed by atoms with Crippen molar-refractivity contribution in [1.82, 2.24) is 9.80 Å². The zero-order valence-corrected chi connectivity index (χ0v) is 16.3. The van der Waals surface area contributed by atoms with Gasteiger partial charge in [0, 0.05) is 48.8 Å². The molecular weight excluding hydrogens is 399 g/mol. The molecule has 1 aliphatic heterocycles.